The highest BCUT2D eigenvalue weighted by Gasteiger charge is 2.30. The molecule has 3 aromatic rings. The molecule has 0 aromatic heterocycles. The SMILES string of the molecule is COc1cc(/C=C2\Oc3cc(OC(=O)Cc4ccccc4)cc(C)c3C2=O)cc(OC)c1OC. The molecule has 0 aliphatic carbocycles. The van der Waals surface area contributed by atoms with Crippen LogP contribution < -0.4 is 23.7 Å². The lowest BCUT2D eigenvalue weighted by Crippen LogP contribution is -2.11. The van der Waals surface area contributed by atoms with Crippen LogP contribution in [0.5, 0.6) is 28.7 Å². The maximum absolute atomic E-state index is 13.0. The summed E-state index contributed by atoms with van der Waals surface area (Å²) in [6, 6.07) is 16.0. The van der Waals surface area contributed by atoms with Gasteiger partial charge in [-0.3, -0.25) is 9.59 Å². The van der Waals surface area contributed by atoms with E-state index in [2.05, 4.69) is 0 Å². The molecule has 0 unspecified atom stereocenters. The zero-order chi connectivity index (χ0) is 24.2. The molecule has 3 aromatic carbocycles. The van der Waals surface area contributed by atoms with E-state index < -0.39 is 5.97 Å². The Labute approximate surface area is 197 Å². The number of benzene rings is 3. The van der Waals surface area contributed by atoms with Gasteiger partial charge in [-0.2, -0.15) is 0 Å². The quantitative estimate of drug-likeness (QED) is 0.285. The van der Waals surface area contributed by atoms with Crippen LogP contribution in [-0.2, 0) is 11.2 Å². The number of carbonyl (C=O) groups is 2. The lowest BCUT2D eigenvalue weighted by Gasteiger charge is -2.13. The molecule has 0 radical (unpaired) electrons. The molecule has 7 heteroatoms. The second-order valence-electron chi connectivity index (χ2n) is 7.65. The molecule has 0 bridgehead atoms. The van der Waals surface area contributed by atoms with E-state index in [0.29, 0.717) is 45.4 Å². The number of hydrogen-bond donors (Lipinski definition) is 0. The Morgan fingerprint density at radius 1 is 0.941 bits per heavy atom. The Bertz CT molecular complexity index is 1250. The Balaban J connectivity index is 1.59. The number of methoxy groups -OCH3 is 3. The minimum atomic E-state index is -0.400. The maximum Gasteiger partial charge on any atom is 0.315 e. The van der Waals surface area contributed by atoms with Crippen molar-refractivity contribution in [3.05, 3.63) is 82.6 Å². The third kappa shape index (κ3) is 4.59. The second kappa shape index (κ2) is 9.70. The van der Waals surface area contributed by atoms with Crippen molar-refractivity contribution in [3.8, 4) is 28.7 Å². The van der Waals surface area contributed by atoms with E-state index in [1.165, 1.54) is 21.3 Å². The maximum atomic E-state index is 13.0. The van der Waals surface area contributed by atoms with E-state index >= 15 is 0 Å². The van der Waals surface area contributed by atoms with Crippen LogP contribution in [0.2, 0.25) is 0 Å². The molecule has 1 aliphatic rings. The fourth-order valence-corrected chi connectivity index (χ4v) is 3.80. The second-order valence-corrected chi connectivity index (χ2v) is 7.65. The summed E-state index contributed by atoms with van der Waals surface area (Å²) in [7, 11) is 4.56. The first kappa shape index (κ1) is 22.9. The van der Waals surface area contributed by atoms with Gasteiger partial charge in [-0.25, -0.2) is 0 Å². The first-order valence-corrected chi connectivity index (χ1v) is 10.6. The van der Waals surface area contributed by atoms with Crippen molar-refractivity contribution in [2.45, 2.75) is 13.3 Å². The van der Waals surface area contributed by atoms with Gasteiger partial charge in [0.2, 0.25) is 11.5 Å². The smallest absolute Gasteiger partial charge is 0.315 e. The molecule has 0 N–H and O–H groups in total. The molecule has 0 fully saturated rings. The minimum Gasteiger partial charge on any atom is -0.493 e. The fraction of sp³-hybridized carbons (Fsp3) is 0.185. The van der Waals surface area contributed by atoms with Crippen LogP contribution >= 0.6 is 0 Å². The average Bonchev–Trinajstić information content (AvgIpc) is 3.13. The van der Waals surface area contributed by atoms with Crippen molar-refractivity contribution in [1.82, 2.24) is 0 Å². The molecule has 4 rings (SSSR count). The predicted molar refractivity (Wildman–Crippen MR) is 126 cm³/mol. The number of rotatable bonds is 7. The molecule has 0 atom stereocenters. The molecule has 7 nitrogen and oxygen atoms in total. The molecule has 1 aliphatic heterocycles. The normalized spacial score (nSPS) is 13.3. The monoisotopic (exact) mass is 460 g/mol. The third-order valence-electron chi connectivity index (χ3n) is 5.35. The number of allylic oxidation sites excluding steroid dienone is 1. The van der Waals surface area contributed by atoms with Crippen LogP contribution in [0, 0.1) is 6.92 Å². The van der Waals surface area contributed by atoms with Crippen molar-refractivity contribution in [1.29, 1.82) is 0 Å². The molecule has 174 valence electrons. The summed E-state index contributed by atoms with van der Waals surface area (Å²) in [5, 5.41) is 0. The molecule has 0 saturated carbocycles. The third-order valence-corrected chi connectivity index (χ3v) is 5.35. The number of ether oxygens (including phenoxy) is 5. The van der Waals surface area contributed by atoms with E-state index in [1.54, 1.807) is 37.3 Å². The van der Waals surface area contributed by atoms with Crippen LogP contribution in [0.3, 0.4) is 0 Å². The van der Waals surface area contributed by atoms with Gasteiger partial charge in [0.15, 0.2) is 17.3 Å². The van der Waals surface area contributed by atoms with Gasteiger partial charge in [-0.1, -0.05) is 30.3 Å². The number of carbonyl (C=O) groups excluding carboxylic acids is 2. The highest BCUT2D eigenvalue weighted by atomic mass is 16.5. The van der Waals surface area contributed by atoms with Gasteiger partial charge in [-0.05, 0) is 47.9 Å². The van der Waals surface area contributed by atoms with E-state index in [1.807, 2.05) is 30.3 Å². The van der Waals surface area contributed by atoms with Gasteiger partial charge < -0.3 is 23.7 Å². The van der Waals surface area contributed by atoms with Gasteiger partial charge >= 0.3 is 5.97 Å². The lowest BCUT2D eigenvalue weighted by atomic mass is 10.0. The molecule has 1 heterocycles. The molecule has 0 amide bonds. The summed E-state index contributed by atoms with van der Waals surface area (Å²) < 4.78 is 27.5. The van der Waals surface area contributed by atoms with E-state index in [9.17, 15) is 9.59 Å². The zero-order valence-electron chi connectivity index (χ0n) is 19.3. The van der Waals surface area contributed by atoms with Crippen molar-refractivity contribution in [2.24, 2.45) is 0 Å². The highest BCUT2D eigenvalue weighted by molar-refractivity contribution is 6.15. The Morgan fingerprint density at radius 2 is 1.62 bits per heavy atom. The number of fused-ring (bicyclic) bond motifs is 1. The molecule has 34 heavy (non-hydrogen) atoms. The van der Waals surface area contributed by atoms with Crippen LogP contribution in [0.4, 0.5) is 0 Å². The van der Waals surface area contributed by atoms with Gasteiger partial charge in [0.05, 0.1) is 33.3 Å². The number of ketones is 1. The van der Waals surface area contributed by atoms with Gasteiger partial charge in [0.1, 0.15) is 11.5 Å². The Hall–Kier alpha value is -4.26. The van der Waals surface area contributed by atoms with Gasteiger partial charge in [0, 0.05) is 6.07 Å². The van der Waals surface area contributed by atoms with Crippen LogP contribution in [0.1, 0.15) is 27.0 Å². The van der Waals surface area contributed by atoms with Crippen molar-refractivity contribution in [3.63, 3.8) is 0 Å². The lowest BCUT2D eigenvalue weighted by molar-refractivity contribution is -0.133. The number of esters is 1. The average molecular weight is 460 g/mol. The standard InChI is InChI=1S/C27H24O7/c1-16-10-19(33-24(28)14-17-8-6-5-7-9-17)15-20-25(16)26(29)21(34-20)11-18-12-22(30-2)27(32-4)23(13-18)31-3/h5-13,15H,14H2,1-4H3/b21-11-. The topological polar surface area (TPSA) is 80.3 Å². The summed E-state index contributed by atoms with van der Waals surface area (Å²) in [5.74, 6) is 1.50. The number of Topliss-reactive ketones (excluding diaryl/α,β-unsaturated/α-hetero) is 1. The molecule has 0 spiro atoms. The minimum absolute atomic E-state index is 0.139. The van der Waals surface area contributed by atoms with E-state index in [-0.39, 0.29) is 18.0 Å². The van der Waals surface area contributed by atoms with Crippen LogP contribution in [-0.4, -0.2) is 33.1 Å². The summed E-state index contributed by atoms with van der Waals surface area (Å²) in [4.78, 5) is 25.4. The van der Waals surface area contributed by atoms with E-state index in [4.69, 9.17) is 23.7 Å². The fourth-order valence-electron chi connectivity index (χ4n) is 3.80. The number of hydrogen-bond acceptors (Lipinski definition) is 7. The van der Waals surface area contributed by atoms with Gasteiger partial charge in [-0.15, -0.1) is 0 Å². The van der Waals surface area contributed by atoms with Crippen LogP contribution in [0.25, 0.3) is 6.08 Å². The zero-order valence-corrected chi connectivity index (χ0v) is 19.3. The Kier molecular flexibility index (Phi) is 6.54. The molecular weight excluding hydrogens is 436 g/mol. The largest absolute Gasteiger partial charge is 0.493 e. The first-order chi connectivity index (χ1) is 16.4. The summed E-state index contributed by atoms with van der Waals surface area (Å²) in [6.45, 7) is 1.77. The molecular formula is C27H24O7. The number of aryl methyl sites for hydroxylation is 1. The Morgan fingerprint density at radius 3 is 2.24 bits per heavy atom. The van der Waals surface area contributed by atoms with Crippen molar-refractivity contribution in [2.75, 3.05) is 21.3 Å². The summed E-state index contributed by atoms with van der Waals surface area (Å²) in [5.41, 5.74) is 2.57. The van der Waals surface area contributed by atoms with Crippen molar-refractivity contribution >= 4 is 17.8 Å². The predicted octanol–water partition coefficient (Wildman–Crippen LogP) is 4.79. The van der Waals surface area contributed by atoms with Crippen LogP contribution in [0.15, 0.2) is 60.4 Å². The first-order valence-electron chi connectivity index (χ1n) is 10.6. The summed E-state index contributed by atoms with van der Waals surface area (Å²) in [6.07, 6.45) is 1.75. The highest BCUT2D eigenvalue weighted by Crippen LogP contribution is 2.41. The van der Waals surface area contributed by atoms with Crippen molar-refractivity contribution < 1.29 is 33.3 Å². The van der Waals surface area contributed by atoms with E-state index in [0.717, 1.165) is 5.56 Å². The van der Waals surface area contributed by atoms with Gasteiger partial charge in [0.25, 0.3) is 0 Å². The molecule has 0 saturated heterocycles. The summed E-state index contributed by atoms with van der Waals surface area (Å²) >= 11 is 0.